The Balaban J connectivity index is 1.72. The highest BCUT2D eigenvalue weighted by Crippen LogP contribution is 2.27. The standard InChI is InChI=1S/C15H23NO3/c1-12(16-6-2-8-18-10-7-17)13-3-4-15-14(11-13)5-9-19-15/h3-4,11-12,16-17H,2,5-10H2,1H3. The summed E-state index contributed by atoms with van der Waals surface area (Å²) in [5.41, 5.74) is 2.62. The van der Waals surface area contributed by atoms with Crippen LogP contribution in [0, 0.1) is 0 Å². The Hall–Kier alpha value is -1.10. The van der Waals surface area contributed by atoms with E-state index in [0.717, 1.165) is 31.7 Å². The van der Waals surface area contributed by atoms with Crippen molar-refractivity contribution >= 4 is 0 Å². The average Bonchev–Trinajstić information content (AvgIpc) is 2.89. The third-order valence-electron chi connectivity index (χ3n) is 3.37. The Morgan fingerprint density at radius 2 is 2.32 bits per heavy atom. The van der Waals surface area contributed by atoms with Gasteiger partial charge in [0.15, 0.2) is 0 Å². The summed E-state index contributed by atoms with van der Waals surface area (Å²) in [6.07, 6.45) is 1.98. The van der Waals surface area contributed by atoms with Gasteiger partial charge in [-0.05, 0) is 37.1 Å². The van der Waals surface area contributed by atoms with Gasteiger partial charge in [0.2, 0.25) is 0 Å². The van der Waals surface area contributed by atoms with Crippen LogP contribution in [0.3, 0.4) is 0 Å². The molecule has 4 heteroatoms. The molecule has 106 valence electrons. The molecule has 0 amide bonds. The maximum absolute atomic E-state index is 8.59. The van der Waals surface area contributed by atoms with Crippen molar-refractivity contribution in [1.29, 1.82) is 0 Å². The molecule has 1 aliphatic heterocycles. The molecule has 0 aromatic heterocycles. The lowest BCUT2D eigenvalue weighted by Gasteiger charge is -2.15. The second-order valence-electron chi connectivity index (χ2n) is 4.83. The van der Waals surface area contributed by atoms with Crippen LogP contribution in [0.25, 0.3) is 0 Å². The minimum absolute atomic E-state index is 0.0982. The summed E-state index contributed by atoms with van der Waals surface area (Å²) in [7, 11) is 0. The maximum Gasteiger partial charge on any atom is 0.122 e. The third kappa shape index (κ3) is 4.20. The van der Waals surface area contributed by atoms with Gasteiger partial charge < -0.3 is 19.9 Å². The van der Waals surface area contributed by atoms with E-state index in [1.165, 1.54) is 11.1 Å². The van der Waals surface area contributed by atoms with E-state index in [0.29, 0.717) is 19.3 Å². The highest BCUT2D eigenvalue weighted by atomic mass is 16.5. The predicted molar refractivity (Wildman–Crippen MR) is 74.6 cm³/mol. The molecule has 19 heavy (non-hydrogen) atoms. The summed E-state index contributed by atoms with van der Waals surface area (Å²) < 4.78 is 10.7. The quantitative estimate of drug-likeness (QED) is 0.702. The zero-order chi connectivity index (χ0) is 13.5. The number of aliphatic hydroxyl groups excluding tert-OH is 1. The smallest absolute Gasteiger partial charge is 0.122 e. The fourth-order valence-corrected chi connectivity index (χ4v) is 2.25. The van der Waals surface area contributed by atoms with Gasteiger partial charge in [-0.3, -0.25) is 0 Å². The van der Waals surface area contributed by atoms with E-state index in [1.807, 2.05) is 0 Å². The highest BCUT2D eigenvalue weighted by Gasteiger charge is 2.14. The molecular formula is C15H23NO3. The Morgan fingerprint density at radius 3 is 3.16 bits per heavy atom. The monoisotopic (exact) mass is 265 g/mol. The number of rotatable bonds is 8. The number of aliphatic hydroxyl groups is 1. The minimum Gasteiger partial charge on any atom is -0.493 e. The minimum atomic E-state index is 0.0982. The number of ether oxygens (including phenoxy) is 2. The van der Waals surface area contributed by atoms with Crippen LogP contribution in [0.4, 0.5) is 0 Å². The number of nitrogens with one attached hydrogen (secondary N) is 1. The summed E-state index contributed by atoms with van der Waals surface area (Å²) in [4.78, 5) is 0. The second kappa shape index (κ2) is 7.48. The van der Waals surface area contributed by atoms with Crippen LogP contribution in [-0.2, 0) is 11.2 Å². The molecule has 1 unspecified atom stereocenters. The molecule has 0 saturated carbocycles. The predicted octanol–water partition coefficient (Wildman–Crippen LogP) is 1.67. The van der Waals surface area contributed by atoms with Crippen molar-refractivity contribution < 1.29 is 14.6 Å². The van der Waals surface area contributed by atoms with Gasteiger partial charge in [0.1, 0.15) is 5.75 Å². The van der Waals surface area contributed by atoms with Crippen LogP contribution in [0.5, 0.6) is 5.75 Å². The number of fused-ring (bicyclic) bond motifs is 1. The lowest BCUT2D eigenvalue weighted by Crippen LogP contribution is -2.21. The van der Waals surface area contributed by atoms with Gasteiger partial charge in [-0.2, -0.15) is 0 Å². The van der Waals surface area contributed by atoms with E-state index in [4.69, 9.17) is 14.6 Å². The summed E-state index contributed by atoms with van der Waals surface area (Å²) in [6, 6.07) is 6.77. The Labute approximate surface area is 114 Å². The van der Waals surface area contributed by atoms with Crippen LogP contribution >= 0.6 is 0 Å². The molecule has 1 aromatic rings. The van der Waals surface area contributed by atoms with Crippen LogP contribution in [0.15, 0.2) is 18.2 Å². The number of hydrogen-bond acceptors (Lipinski definition) is 4. The molecule has 1 atom stereocenters. The molecule has 2 rings (SSSR count). The van der Waals surface area contributed by atoms with Crippen LogP contribution in [-0.4, -0.2) is 38.1 Å². The highest BCUT2D eigenvalue weighted by molar-refractivity contribution is 5.40. The van der Waals surface area contributed by atoms with Crippen molar-refractivity contribution in [3.8, 4) is 5.75 Å². The fraction of sp³-hybridized carbons (Fsp3) is 0.600. The van der Waals surface area contributed by atoms with E-state index in [2.05, 4.69) is 30.4 Å². The topological polar surface area (TPSA) is 50.7 Å². The van der Waals surface area contributed by atoms with E-state index < -0.39 is 0 Å². The Morgan fingerprint density at radius 1 is 1.42 bits per heavy atom. The molecule has 0 radical (unpaired) electrons. The first-order valence-corrected chi connectivity index (χ1v) is 6.99. The molecule has 4 nitrogen and oxygen atoms in total. The van der Waals surface area contributed by atoms with Gasteiger partial charge in [0.05, 0.1) is 19.8 Å². The van der Waals surface area contributed by atoms with Crippen molar-refractivity contribution in [3.05, 3.63) is 29.3 Å². The van der Waals surface area contributed by atoms with Crippen molar-refractivity contribution in [2.75, 3.05) is 33.0 Å². The Bertz CT molecular complexity index is 395. The molecule has 1 aromatic carbocycles. The summed E-state index contributed by atoms with van der Waals surface area (Å²) >= 11 is 0. The fourth-order valence-electron chi connectivity index (χ4n) is 2.25. The maximum atomic E-state index is 8.59. The van der Waals surface area contributed by atoms with E-state index in [-0.39, 0.29) is 6.61 Å². The van der Waals surface area contributed by atoms with Crippen molar-refractivity contribution in [1.82, 2.24) is 5.32 Å². The Kier molecular flexibility index (Phi) is 5.63. The average molecular weight is 265 g/mol. The summed E-state index contributed by atoms with van der Waals surface area (Å²) in [5.74, 6) is 1.04. The lowest BCUT2D eigenvalue weighted by molar-refractivity contribution is 0.0904. The molecular weight excluding hydrogens is 242 g/mol. The second-order valence-corrected chi connectivity index (χ2v) is 4.83. The molecule has 0 spiro atoms. The van der Waals surface area contributed by atoms with Crippen molar-refractivity contribution in [2.45, 2.75) is 25.8 Å². The van der Waals surface area contributed by atoms with Crippen LogP contribution in [0.1, 0.15) is 30.5 Å². The molecule has 2 N–H and O–H groups in total. The first-order valence-electron chi connectivity index (χ1n) is 6.99. The molecule has 1 heterocycles. The molecule has 0 bridgehead atoms. The van der Waals surface area contributed by atoms with Crippen LogP contribution < -0.4 is 10.1 Å². The first kappa shape index (κ1) is 14.3. The summed E-state index contributed by atoms with van der Waals surface area (Å²) in [6.45, 7) is 5.12. The SMILES string of the molecule is CC(NCCCOCCO)c1ccc2c(c1)CCO2. The van der Waals surface area contributed by atoms with E-state index >= 15 is 0 Å². The van der Waals surface area contributed by atoms with Crippen molar-refractivity contribution in [2.24, 2.45) is 0 Å². The normalized spacial score (nSPS) is 15.1. The zero-order valence-electron chi connectivity index (χ0n) is 11.5. The zero-order valence-corrected chi connectivity index (χ0v) is 11.5. The summed E-state index contributed by atoms with van der Waals surface area (Å²) in [5, 5.41) is 12.1. The van der Waals surface area contributed by atoms with Crippen molar-refractivity contribution in [3.63, 3.8) is 0 Å². The number of hydrogen-bond donors (Lipinski definition) is 2. The molecule has 0 saturated heterocycles. The van der Waals surface area contributed by atoms with Gasteiger partial charge in [-0.25, -0.2) is 0 Å². The number of benzene rings is 1. The van der Waals surface area contributed by atoms with Gasteiger partial charge in [0.25, 0.3) is 0 Å². The third-order valence-corrected chi connectivity index (χ3v) is 3.37. The molecule has 0 fully saturated rings. The van der Waals surface area contributed by atoms with Gasteiger partial charge >= 0.3 is 0 Å². The molecule has 0 aliphatic carbocycles. The van der Waals surface area contributed by atoms with Crippen LogP contribution in [0.2, 0.25) is 0 Å². The van der Waals surface area contributed by atoms with E-state index in [1.54, 1.807) is 0 Å². The van der Waals surface area contributed by atoms with Gasteiger partial charge in [-0.1, -0.05) is 12.1 Å². The largest absolute Gasteiger partial charge is 0.493 e. The van der Waals surface area contributed by atoms with E-state index in [9.17, 15) is 0 Å². The van der Waals surface area contributed by atoms with Gasteiger partial charge in [-0.15, -0.1) is 0 Å². The van der Waals surface area contributed by atoms with Gasteiger partial charge in [0, 0.05) is 19.1 Å². The molecule has 1 aliphatic rings. The first-order chi connectivity index (χ1) is 9.31. The lowest BCUT2D eigenvalue weighted by atomic mass is 10.0.